The number of hydrogen-bond donors (Lipinski definition) is 1. The molecule has 0 unspecified atom stereocenters. The fourth-order valence-electron chi connectivity index (χ4n) is 4.39. The molecule has 1 N–H and O–H groups in total. The molecule has 0 spiro atoms. The monoisotopic (exact) mass is 497 g/mol. The van der Waals surface area contributed by atoms with Crippen LogP contribution in [0.15, 0.2) is 88.2 Å². The number of benzene rings is 3. The molecule has 0 aliphatic heterocycles. The van der Waals surface area contributed by atoms with Gasteiger partial charge in [0.1, 0.15) is 11.5 Å². The zero-order chi connectivity index (χ0) is 25.9. The van der Waals surface area contributed by atoms with Crippen molar-refractivity contribution in [2.75, 3.05) is 14.2 Å². The molecule has 8 heteroatoms. The van der Waals surface area contributed by atoms with Gasteiger partial charge in [0.25, 0.3) is 0 Å². The number of H-pyrrole nitrogens is 1. The lowest BCUT2D eigenvalue weighted by Gasteiger charge is -2.14. The third-order valence-electron chi connectivity index (χ3n) is 6.12. The molecule has 188 valence electrons. The summed E-state index contributed by atoms with van der Waals surface area (Å²) in [6.07, 6.45) is 0. The molecule has 5 aromatic rings. The Kier molecular flexibility index (Phi) is 6.64. The summed E-state index contributed by atoms with van der Waals surface area (Å²) in [6.45, 7) is 4.91. The van der Waals surface area contributed by atoms with Gasteiger partial charge in [-0.3, -0.25) is 4.52 Å². The molecule has 0 aliphatic rings. The van der Waals surface area contributed by atoms with Gasteiger partial charge in [-0.25, -0.2) is 9.78 Å². The van der Waals surface area contributed by atoms with Crippen LogP contribution in [0.3, 0.4) is 0 Å². The summed E-state index contributed by atoms with van der Waals surface area (Å²) < 4.78 is 19.8. The lowest BCUT2D eigenvalue weighted by atomic mass is 10.0. The van der Waals surface area contributed by atoms with Gasteiger partial charge in [0.15, 0.2) is 0 Å². The summed E-state index contributed by atoms with van der Waals surface area (Å²) in [5.41, 5.74) is 4.10. The average Bonchev–Trinajstić information content (AvgIpc) is 3.49. The number of nitrogens with zero attached hydrogens (tertiary/aromatic N) is 3. The van der Waals surface area contributed by atoms with Crippen LogP contribution in [0.2, 0.25) is 0 Å². The van der Waals surface area contributed by atoms with Gasteiger partial charge in [-0.2, -0.15) is 0 Å². The Labute approximate surface area is 214 Å². The van der Waals surface area contributed by atoms with Crippen molar-refractivity contribution >= 4 is 0 Å². The van der Waals surface area contributed by atoms with Crippen LogP contribution in [0, 0.1) is 5.92 Å². The van der Waals surface area contributed by atoms with E-state index in [1.807, 2.05) is 78.9 Å². The van der Waals surface area contributed by atoms with E-state index in [4.69, 9.17) is 19.0 Å². The molecule has 0 aliphatic carbocycles. The molecule has 0 amide bonds. The summed E-state index contributed by atoms with van der Waals surface area (Å²) in [4.78, 5) is 18.2. The second kappa shape index (κ2) is 10.2. The summed E-state index contributed by atoms with van der Waals surface area (Å²) in [5.74, 6) is 2.32. The van der Waals surface area contributed by atoms with Gasteiger partial charge in [-0.1, -0.05) is 32.0 Å². The van der Waals surface area contributed by atoms with Gasteiger partial charge in [-0.15, -0.1) is 0 Å². The van der Waals surface area contributed by atoms with Crippen molar-refractivity contribution in [1.29, 1.82) is 0 Å². The Morgan fingerprint density at radius 1 is 0.892 bits per heavy atom. The molecule has 2 aromatic heterocycles. The summed E-state index contributed by atoms with van der Waals surface area (Å²) in [5, 5.41) is 2.75. The second-order valence-corrected chi connectivity index (χ2v) is 9.09. The number of imidazole rings is 1. The van der Waals surface area contributed by atoms with Gasteiger partial charge in [0.2, 0.25) is 11.5 Å². The lowest BCUT2D eigenvalue weighted by Crippen LogP contribution is -2.37. The van der Waals surface area contributed by atoms with Gasteiger partial charge in [-0.05, 0) is 64.4 Å². The molecular weight excluding hydrogens is 468 g/mol. The van der Waals surface area contributed by atoms with E-state index in [0.29, 0.717) is 18.1 Å². The minimum atomic E-state index is -0.499. The van der Waals surface area contributed by atoms with Crippen LogP contribution in [0.1, 0.15) is 13.8 Å². The highest BCUT2D eigenvalue weighted by Crippen LogP contribution is 2.37. The highest BCUT2D eigenvalue weighted by Gasteiger charge is 2.33. The highest BCUT2D eigenvalue weighted by atomic mass is 16.5. The summed E-state index contributed by atoms with van der Waals surface area (Å²) in [7, 11) is 3.28. The number of nitrogens with one attached hydrogen (secondary N) is 1. The normalized spacial score (nSPS) is 11.2. The van der Waals surface area contributed by atoms with E-state index in [9.17, 15) is 4.79 Å². The molecule has 0 fully saturated rings. The molecular formula is C29H29N4O4+. The average molecular weight is 498 g/mol. The largest absolute Gasteiger partial charge is 0.497 e. The van der Waals surface area contributed by atoms with Gasteiger partial charge in [0.05, 0.1) is 25.6 Å². The Bertz CT molecular complexity index is 1550. The highest BCUT2D eigenvalue weighted by molar-refractivity contribution is 5.82. The zero-order valence-electron chi connectivity index (χ0n) is 21.3. The maximum atomic E-state index is 13.1. The van der Waals surface area contributed by atoms with Crippen molar-refractivity contribution in [3.05, 3.63) is 89.3 Å². The number of ether oxygens (including phenoxy) is 2. The van der Waals surface area contributed by atoms with Crippen molar-refractivity contribution in [1.82, 2.24) is 14.8 Å². The molecule has 0 saturated heterocycles. The van der Waals surface area contributed by atoms with Crippen molar-refractivity contribution in [3.63, 3.8) is 0 Å². The quantitative estimate of drug-likeness (QED) is 0.301. The number of para-hydroxylation sites is 1. The van der Waals surface area contributed by atoms with Crippen LogP contribution < -0.4 is 19.8 Å². The van der Waals surface area contributed by atoms with Gasteiger partial charge >= 0.3 is 11.3 Å². The fourth-order valence-corrected chi connectivity index (χ4v) is 4.39. The van der Waals surface area contributed by atoms with Crippen LogP contribution in [0.25, 0.3) is 39.7 Å². The molecule has 0 saturated carbocycles. The fraction of sp³-hybridized carbons (Fsp3) is 0.207. The summed E-state index contributed by atoms with van der Waals surface area (Å²) in [6, 6.07) is 25.2. The van der Waals surface area contributed by atoms with Crippen LogP contribution in [0.4, 0.5) is 0 Å². The van der Waals surface area contributed by atoms with E-state index in [2.05, 4.69) is 23.7 Å². The predicted molar refractivity (Wildman–Crippen MR) is 141 cm³/mol. The van der Waals surface area contributed by atoms with E-state index in [-0.39, 0.29) is 5.92 Å². The van der Waals surface area contributed by atoms with E-state index in [0.717, 1.165) is 39.7 Å². The minimum Gasteiger partial charge on any atom is -0.497 e. The molecule has 3 aromatic carbocycles. The SMILES string of the molecule is COc1ccc(-c2nc(-c3c(=O)o[nH][n+]3-c3ccccc3)n(CC(C)C)c2-c2ccc(OC)cc2)cc1. The van der Waals surface area contributed by atoms with E-state index in [1.54, 1.807) is 18.9 Å². The minimum absolute atomic E-state index is 0.282. The molecule has 0 radical (unpaired) electrons. The molecule has 5 rings (SSSR count). The number of hydrogen-bond acceptors (Lipinski definition) is 5. The van der Waals surface area contributed by atoms with Gasteiger partial charge < -0.3 is 14.0 Å². The molecule has 0 atom stereocenters. The summed E-state index contributed by atoms with van der Waals surface area (Å²) >= 11 is 0. The first-order valence-electron chi connectivity index (χ1n) is 12.1. The van der Waals surface area contributed by atoms with E-state index >= 15 is 0 Å². The van der Waals surface area contributed by atoms with E-state index < -0.39 is 5.63 Å². The molecule has 37 heavy (non-hydrogen) atoms. The maximum absolute atomic E-state index is 13.1. The number of aromatic nitrogens is 4. The zero-order valence-corrected chi connectivity index (χ0v) is 21.3. The molecule has 8 nitrogen and oxygen atoms in total. The number of methoxy groups -OCH3 is 2. The van der Waals surface area contributed by atoms with Crippen LogP contribution in [-0.2, 0) is 6.54 Å². The van der Waals surface area contributed by atoms with E-state index in [1.165, 1.54) is 0 Å². The Hall–Kier alpha value is -4.59. The van der Waals surface area contributed by atoms with Crippen molar-refractivity contribution in [3.8, 4) is 51.2 Å². The Morgan fingerprint density at radius 2 is 1.49 bits per heavy atom. The molecule has 0 bridgehead atoms. The Morgan fingerprint density at radius 3 is 2.05 bits per heavy atom. The van der Waals surface area contributed by atoms with Crippen LogP contribution >= 0.6 is 0 Å². The second-order valence-electron chi connectivity index (χ2n) is 9.09. The van der Waals surface area contributed by atoms with Crippen molar-refractivity contribution in [2.24, 2.45) is 5.92 Å². The third kappa shape index (κ3) is 4.65. The van der Waals surface area contributed by atoms with Crippen molar-refractivity contribution < 1.29 is 18.7 Å². The third-order valence-corrected chi connectivity index (χ3v) is 6.12. The lowest BCUT2D eigenvalue weighted by molar-refractivity contribution is -0.660. The number of aromatic amines is 1. The van der Waals surface area contributed by atoms with Crippen LogP contribution in [0.5, 0.6) is 11.5 Å². The smallest absolute Gasteiger partial charge is 0.439 e. The topological polar surface area (TPSA) is 86.2 Å². The van der Waals surface area contributed by atoms with Gasteiger partial charge in [0, 0.05) is 29.8 Å². The van der Waals surface area contributed by atoms with Crippen LogP contribution in [-0.4, -0.2) is 29.0 Å². The molecule has 2 heterocycles. The first kappa shape index (κ1) is 24.1. The predicted octanol–water partition coefficient (Wildman–Crippen LogP) is 5.12. The number of rotatable bonds is 8. The first-order valence-corrected chi connectivity index (χ1v) is 12.1. The standard InChI is InChI=1S/C29H28N4O4/c1-19(2)18-32-26(21-12-16-24(36-4)17-13-21)25(20-10-14-23(35-3)15-11-20)30-28(32)27-29(34)37-31-33(27)22-8-6-5-7-9-22/h5-17,19H,18H2,1-4H3/p+1. The maximum Gasteiger partial charge on any atom is 0.439 e. The Balaban J connectivity index is 1.81. The van der Waals surface area contributed by atoms with Crippen molar-refractivity contribution in [2.45, 2.75) is 20.4 Å². The first-order chi connectivity index (χ1) is 18.0.